The molecule has 52 heavy (non-hydrogen) atoms. The Morgan fingerprint density at radius 3 is 1.63 bits per heavy atom. The summed E-state index contributed by atoms with van der Waals surface area (Å²) in [6.07, 6.45) is 3.92. The zero-order valence-electron chi connectivity index (χ0n) is 29.2. The molecule has 246 valence electrons. The van der Waals surface area contributed by atoms with Crippen LogP contribution in [0.3, 0.4) is 0 Å². The average molecular weight is 667 g/mol. The van der Waals surface area contributed by atoms with Gasteiger partial charge in [-0.3, -0.25) is 4.98 Å². The van der Waals surface area contributed by atoms with Crippen LogP contribution in [-0.4, -0.2) is 19.9 Å². The molecule has 6 aromatic carbocycles. The van der Waals surface area contributed by atoms with Crippen LogP contribution in [0, 0.1) is 20.8 Å². The Kier molecular flexibility index (Phi) is 6.71. The first-order chi connectivity index (χ1) is 25.5. The van der Waals surface area contributed by atoms with Gasteiger partial charge in [0.1, 0.15) is 5.82 Å². The predicted octanol–water partition coefficient (Wildman–Crippen LogP) is 11.2. The molecule has 2 heterocycles. The van der Waals surface area contributed by atoms with Crippen molar-refractivity contribution in [2.75, 3.05) is 0 Å². The fraction of sp³-hybridized carbons (Fsp3) is 0.0833. The largest absolute Gasteiger partial charge is 0.264 e. The van der Waals surface area contributed by atoms with E-state index in [4.69, 9.17) is 9.97 Å². The van der Waals surface area contributed by atoms with E-state index in [9.17, 15) is 0 Å². The molecular weight excluding hydrogens is 633 g/mol. The second kappa shape index (κ2) is 11.5. The maximum atomic E-state index is 4.96. The molecule has 0 fully saturated rings. The van der Waals surface area contributed by atoms with Gasteiger partial charge in [0.05, 0.1) is 5.41 Å². The van der Waals surface area contributed by atoms with Crippen molar-refractivity contribution in [3.8, 4) is 67.3 Å². The van der Waals surface area contributed by atoms with Gasteiger partial charge in [0.15, 0.2) is 11.6 Å². The summed E-state index contributed by atoms with van der Waals surface area (Å²) in [7, 11) is 0. The summed E-state index contributed by atoms with van der Waals surface area (Å²) in [5, 5.41) is 0. The molecule has 0 amide bonds. The van der Waals surface area contributed by atoms with Crippen molar-refractivity contribution in [2.24, 2.45) is 0 Å². The number of nitrogens with zero attached hydrogens (tertiary/aromatic N) is 4. The summed E-state index contributed by atoms with van der Waals surface area (Å²) in [4.78, 5) is 19.0. The summed E-state index contributed by atoms with van der Waals surface area (Å²) < 4.78 is 0. The standard InChI is InChI=1S/C48H34N4/c1-29-27-49-28-41(30(29)2)35-15-11-14-33(24-35)34-20-22-44-39(25-34)37-16-7-9-18-42(37)48(44)43-19-10-8-17-38(43)40-26-36(21-23-45(40)48)47-51-31(3)50-46(52-47)32-12-5-4-6-13-32/h4-28H,1-3H3/t48-/m0/s1. The van der Waals surface area contributed by atoms with Gasteiger partial charge < -0.3 is 0 Å². The number of hydrogen-bond acceptors (Lipinski definition) is 4. The third-order valence-electron chi connectivity index (χ3n) is 11.1. The smallest absolute Gasteiger partial charge is 0.163 e. The minimum atomic E-state index is -0.439. The summed E-state index contributed by atoms with van der Waals surface area (Å²) >= 11 is 0. The minimum Gasteiger partial charge on any atom is -0.264 e. The molecule has 2 aromatic heterocycles. The fourth-order valence-electron chi connectivity index (χ4n) is 8.58. The van der Waals surface area contributed by atoms with Crippen LogP contribution in [0.15, 0.2) is 152 Å². The SMILES string of the molecule is Cc1nc(-c2ccccc2)nc(-c2ccc3c(c2)-c2ccccc2[C@]32c3ccccc3-c3cc(-c4cccc(-c5cncc(C)c5C)c4)ccc32)n1. The van der Waals surface area contributed by atoms with Gasteiger partial charge >= 0.3 is 0 Å². The second-order valence-electron chi connectivity index (χ2n) is 14.0. The number of aromatic nitrogens is 4. The van der Waals surface area contributed by atoms with Crippen molar-refractivity contribution >= 4 is 0 Å². The van der Waals surface area contributed by atoms with Crippen molar-refractivity contribution in [3.63, 3.8) is 0 Å². The molecule has 0 saturated heterocycles. The lowest BCUT2D eigenvalue weighted by Gasteiger charge is -2.30. The molecule has 0 saturated carbocycles. The molecule has 0 unspecified atom stereocenters. The van der Waals surface area contributed by atoms with E-state index in [1.54, 1.807) is 0 Å². The van der Waals surface area contributed by atoms with Gasteiger partial charge in [-0.25, -0.2) is 15.0 Å². The molecule has 1 atom stereocenters. The lowest BCUT2D eigenvalue weighted by molar-refractivity contribution is 0.794. The molecule has 0 bridgehead atoms. The lowest BCUT2D eigenvalue weighted by atomic mass is 9.70. The topological polar surface area (TPSA) is 51.6 Å². The lowest BCUT2D eigenvalue weighted by Crippen LogP contribution is -2.25. The second-order valence-corrected chi connectivity index (χ2v) is 14.0. The highest BCUT2D eigenvalue weighted by Crippen LogP contribution is 2.63. The fourth-order valence-corrected chi connectivity index (χ4v) is 8.58. The maximum absolute atomic E-state index is 4.96. The Morgan fingerprint density at radius 1 is 0.385 bits per heavy atom. The van der Waals surface area contributed by atoms with Crippen LogP contribution in [0.2, 0.25) is 0 Å². The van der Waals surface area contributed by atoms with Crippen LogP contribution >= 0.6 is 0 Å². The minimum absolute atomic E-state index is 0.439. The third kappa shape index (κ3) is 4.40. The van der Waals surface area contributed by atoms with E-state index in [1.807, 2.05) is 49.6 Å². The molecular formula is C48H34N4. The predicted molar refractivity (Wildman–Crippen MR) is 210 cm³/mol. The highest BCUT2D eigenvalue weighted by Gasteiger charge is 2.51. The van der Waals surface area contributed by atoms with Gasteiger partial charge in [-0.1, -0.05) is 121 Å². The highest BCUT2D eigenvalue weighted by atomic mass is 15.0. The van der Waals surface area contributed by atoms with Crippen molar-refractivity contribution in [1.29, 1.82) is 0 Å². The van der Waals surface area contributed by atoms with Gasteiger partial charge in [0.25, 0.3) is 0 Å². The van der Waals surface area contributed by atoms with Crippen molar-refractivity contribution in [1.82, 2.24) is 19.9 Å². The van der Waals surface area contributed by atoms with Crippen LogP contribution in [0.5, 0.6) is 0 Å². The van der Waals surface area contributed by atoms with Gasteiger partial charge in [0, 0.05) is 29.1 Å². The van der Waals surface area contributed by atoms with Gasteiger partial charge in [0.2, 0.25) is 0 Å². The maximum Gasteiger partial charge on any atom is 0.163 e. The molecule has 0 aliphatic heterocycles. The molecule has 4 nitrogen and oxygen atoms in total. The van der Waals surface area contributed by atoms with E-state index in [-0.39, 0.29) is 0 Å². The zero-order valence-corrected chi connectivity index (χ0v) is 29.2. The van der Waals surface area contributed by atoms with Crippen LogP contribution < -0.4 is 0 Å². The van der Waals surface area contributed by atoms with E-state index >= 15 is 0 Å². The number of benzene rings is 6. The van der Waals surface area contributed by atoms with Crippen LogP contribution in [-0.2, 0) is 5.41 Å². The summed E-state index contributed by atoms with van der Waals surface area (Å²) in [5.41, 5.74) is 19.0. The number of aryl methyl sites for hydroxylation is 2. The normalized spacial score (nSPS) is 14.9. The first-order valence-corrected chi connectivity index (χ1v) is 17.8. The number of hydrogen-bond donors (Lipinski definition) is 0. The Labute approximate surface area is 303 Å². The molecule has 0 radical (unpaired) electrons. The third-order valence-corrected chi connectivity index (χ3v) is 11.1. The first-order valence-electron chi connectivity index (χ1n) is 17.8. The van der Waals surface area contributed by atoms with Crippen LogP contribution in [0.1, 0.15) is 39.2 Å². The number of rotatable bonds is 4. The average Bonchev–Trinajstić information content (AvgIpc) is 3.65. The van der Waals surface area contributed by atoms with E-state index in [2.05, 4.69) is 133 Å². The Balaban J connectivity index is 1.14. The van der Waals surface area contributed by atoms with Crippen LogP contribution in [0.4, 0.5) is 0 Å². The molecule has 0 N–H and O–H groups in total. The summed E-state index contributed by atoms with van der Waals surface area (Å²) in [6.45, 7) is 6.24. The Bertz CT molecular complexity index is 2730. The molecule has 2 aliphatic rings. The molecule has 2 aliphatic carbocycles. The zero-order chi connectivity index (χ0) is 35.0. The molecule has 1 spiro atoms. The van der Waals surface area contributed by atoms with Gasteiger partial charge in [-0.15, -0.1) is 0 Å². The number of pyridine rings is 1. The molecule has 10 rings (SSSR count). The van der Waals surface area contributed by atoms with Crippen LogP contribution in [0.25, 0.3) is 67.3 Å². The quantitative estimate of drug-likeness (QED) is 0.188. The van der Waals surface area contributed by atoms with E-state index < -0.39 is 5.41 Å². The van der Waals surface area contributed by atoms with Gasteiger partial charge in [-0.2, -0.15) is 0 Å². The Hall–Kier alpha value is -6.52. The monoisotopic (exact) mass is 666 g/mol. The summed E-state index contributed by atoms with van der Waals surface area (Å²) in [6, 6.07) is 50.7. The molecule has 8 aromatic rings. The van der Waals surface area contributed by atoms with E-state index in [0.29, 0.717) is 17.5 Å². The van der Waals surface area contributed by atoms with E-state index in [1.165, 1.54) is 77.9 Å². The highest BCUT2D eigenvalue weighted by molar-refractivity contribution is 5.97. The van der Waals surface area contributed by atoms with E-state index in [0.717, 1.165) is 11.1 Å². The number of fused-ring (bicyclic) bond motifs is 10. The van der Waals surface area contributed by atoms with Crippen molar-refractivity contribution in [3.05, 3.63) is 191 Å². The first kappa shape index (κ1) is 30.3. The Morgan fingerprint density at radius 2 is 0.923 bits per heavy atom. The summed E-state index contributed by atoms with van der Waals surface area (Å²) in [5.74, 6) is 2.07. The van der Waals surface area contributed by atoms with Crippen molar-refractivity contribution < 1.29 is 0 Å². The van der Waals surface area contributed by atoms with Gasteiger partial charge in [-0.05, 0) is 111 Å². The van der Waals surface area contributed by atoms with Crippen molar-refractivity contribution in [2.45, 2.75) is 26.2 Å². The molecule has 4 heteroatoms.